The van der Waals surface area contributed by atoms with Gasteiger partial charge in [0.15, 0.2) is 0 Å². The molecule has 0 saturated carbocycles. The van der Waals surface area contributed by atoms with Crippen LogP contribution in [0.5, 0.6) is 0 Å². The lowest BCUT2D eigenvalue weighted by Gasteiger charge is -2.20. The number of carbonyl (C=O) groups is 1. The summed E-state index contributed by atoms with van der Waals surface area (Å²) in [5, 5.41) is 12.8. The van der Waals surface area contributed by atoms with Crippen molar-refractivity contribution < 1.29 is 4.79 Å². The molecule has 3 rings (SSSR count). The number of nitrogens with zero attached hydrogens (tertiary/aromatic N) is 2. The number of amides is 1. The largest absolute Gasteiger partial charge is 0.371 e. The fraction of sp³-hybridized carbons (Fsp3) is 0.238. The molecule has 0 bridgehead atoms. The highest BCUT2D eigenvalue weighted by molar-refractivity contribution is 6.42. The minimum Gasteiger partial charge on any atom is -0.371 e. The molecule has 1 aliphatic rings. The Bertz CT molecular complexity index is 941. The number of nitriles is 1. The zero-order valence-electron chi connectivity index (χ0n) is 14.9. The van der Waals surface area contributed by atoms with Gasteiger partial charge in [0.25, 0.3) is 5.91 Å². The number of rotatable bonds is 4. The summed E-state index contributed by atoms with van der Waals surface area (Å²) in [6, 6.07) is 12.7. The van der Waals surface area contributed by atoms with E-state index in [2.05, 4.69) is 16.3 Å². The molecule has 0 spiro atoms. The first-order chi connectivity index (χ1) is 13.0. The summed E-state index contributed by atoms with van der Waals surface area (Å²) in [6.45, 7) is 4.20. The van der Waals surface area contributed by atoms with Gasteiger partial charge in [-0.15, -0.1) is 0 Å². The second-order valence-corrected chi connectivity index (χ2v) is 7.31. The van der Waals surface area contributed by atoms with Crippen molar-refractivity contribution in [1.82, 2.24) is 0 Å². The molecule has 6 heteroatoms. The zero-order chi connectivity index (χ0) is 19.4. The Balaban J connectivity index is 1.78. The predicted molar refractivity (Wildman–Crippen MR) is 111 cm³/mol. The lowest BCUT2D eigenvalue weighted by molar-refractivity contribution is -0.112. The first kappa shape index (κ1) is 19.3. The molecule has 0 aromatic heterocycles. The summed E-state index contributed by atoms with van der Waals surface area (Å²) in [5.41, 5.74) is 3.66. The van der Waals surface area contributed by atoms with Gasteiger partial charge >= 0.3 is 0 Å². The molecule has 2 aromatic rings. The standard InChI is InChI=1S/C21H19Cl2N3O/c1-14-10-15(4-7-20(14)26-8-2-3-9-26)11-16(13-24)21(27)25-17-5-6-18(22)19(23)12-17/h4-7,10-12H,2-3,8-9H2,1H3,(H,25,27). The molecule has 0 atom stereocenters. The van der Waals surface area contributed by atoms with Crippen LogP contribution in [0.3, 0.4) is 0 Å². The van der Waals surface area contributed by atoms with Gasteiger partial charge in [0.2, 0.25) is 0 Å². The highest BCUT2D eigenvalue weighted by Crippen LogP contribution is 2.27. The van der Waals surface area contributed by atoms with Crippen LogP contribution in [0.25, 0.3) is 6.08 Å². The van der Waals surface area contributed by atoms with Crippen LogP contribution in [-0.4, -0.2) is 19.0 Å². The van der Waals surface area contributed by atoms with Crippen molar-refractivity contribution in [3.05, 3.63) is 63.1 Å². The normalized spacial score (nSPS) is 14.1. The summed E-state index contributed by atoms with van der Waals surface area (Å²) in [4.78, 5) is 14.8. The molecule has 1 N–H and O–H groups in total. The van der Waals surface area contributed by atoms with Crippen molar-refractivity contribution >= 4 is 46.6 Å². The molecule has 1 amide bonds. The molecule has 138 valence electrons. The van der Waals surface area contributed by atoms with Crippen molar-refractivity contribution in [2.75, 3.05) is 23.3 Å². The molecule has 1 heterocycles. The van der Waals surface area contributed by atoms with Crippen LogP contribution < -0.4 is 10.2 Å². The summed E-state index contributed by atoms with van der Waals surface area (Å²) in [7, 11) is 0. The van der Waals surface area contributed by atoms with E-state index >= 15 is 0 Å². The number of anilines is 2. The molecular formula is C21H19Cl2N3O. The van der Waals surface area contributed by atoms with E-state index in [0.717, 1.165) is 24.2 Å². The van der Waals surface area contributed by atoms with E-state index in [1.165, 1.54) is 18.5 Å². The molecule has 0 unspecified atom stereocenters. The Morgan fingerprint density at radius 3 is 2.52 bits per heavy atom. The molecule has 27 heavy (non-hydrogen) atoms. The van der Waals surface area contributed by atoms with Gasteiger partial charge in [-0.3, -0.25) is 4.79 Å². The number of benzene rings is 2. The second-order valence-electron chi connectivity index (χ2n) is 6.49. The third-order valence-electron chi connectivity index (χ3n) is 4.52. The molecular weight excluding hydrogens is 381 g/mol. The average Bonchev–Trinajstić information content (AvgIpc) is 3.17. The maximum Gasteiger partial charge on any atom is 0.266 e. The summed E-state index contributed by atoms with van der Waals surface area (Å²) in [6.07, 6.45) is 4.02. The minimum absolute atomic E-state index is 0.0226. The molecule has 4 nitrogen and oxygen atoms in total. The molecule has 0 aliphatic carbocycles. The number of halogens is 2. The fourth-order valence-electron chi connectivity index (χ4n) is 3.17. The molecule has 0 radical (unpaired) electrons. The number of nitrogens with one attached hydrogen (secondary N) is 1. The van der Waals surface area contributed by atoms with E-state index in [1.807, 2.05) is 25.1 Å². The lowest BCUT2D eigenvalue weighted by atomic mass is 10.1. The molecule has 1 fully saturated rings. The van der Waals surface area contributed by atoms with E-state index in [4.69, 9.17) is 23.2 Å². The van der Waals surface area contributed by atoms with Gasteiger partial charge in [-0.2, -0.15) is 5.26 Å². The second kappa shape index (κ2) is 8.47. The number of aryl methyl sites for hydroxylation is 1. The Hall–Kier alpha value is -2.48. The van der Waals surface area contributed by atoms with Crippen LogP contribution in [0.4, 0.5) is 11.4 Å². The lowest BCUT2D eigenvalue weighted by Crippen LogP contribution is -2.18. The van der Waals surface area contributed by atoms with Crippen LogP contribution in [0, 0.1) is 18.3 Å². The van der Waals surface area contributed by atoms with Crippen molar-refractivity contribution in [1.29, 1.82) is 5.26 Å². The smallest absolute Gasteiger partial charge is 0.266 e. The fourth-order valence-corrected chi connectivity index (χ4v) is 3.47. The van der Waals surface area contributed by atoms with Crippen molar-refractivity contribution in [2.45, 2.75) is 19.8 Å². The molecule has 2 aromatic carbocycles. The quantitative estimate of drug-likeness (QED) is 0.549. The maximum atomic E-state index is 12.4. The maximum absolute atomic E-state index is 12.4. The van der Waals surface area contributed by atoms with Gasteiger partial charge in [0.05, 0.1) is 10.0 Å². The SMILES string of the molecule is Cc1cc(C=C(C#N)C(=O)Nc2ccc(Cl)c(Cl)c2)ccc1N1CCCC1. The Morgan fingerprint density at radius 2 is 1.89 bits per heavy atom. The van der Waals surface area contributed by atoms with Gasteiger partial charge in [-0.05, 0) is 67.3 Å². The topological polar surface area (TPSA) is 56.1 Å². The number of hydrogen-bond acceptors (Lipinski definition) is 3. The van der Waals surface area contributed by atoms with Crippen LogP contribution in [-0.2, 0) is 4.79 Å². The molecule has 1 saturated heterocycles. The van der Waals surface area contributed by atoms with Crippen molar-refractivity contribution in [3.8, 4) is 6.07 Å². The third-order valence-corrected chi connectivity index (χ3v) is 5.26. The minimum atomic E-state index is -0.489. The average molecular weight is 400 g/mol. The Morgan fingerprint density at radius 1 is 1.15 bits per heavy atom. The summed E-state index contributed by atoms with van der Waals surface area (Å²) >= 11 is 11.8. The number of hydrogen-bond donors (Lipinski definition) is 1. The van der Waals surface area contributed by atoms with E-state index in [0.29, 0.717) is 15.7 Å². The monoisotopic (exact) mass is 399 g/mol. The van der Waals surface area contributed by atoms with Gasteiger partial charge in [-0.1, -0.05) is 29.3 Å². The third kappa shape index (κ3) is 4.63. The predicted octanol–water partition coefficient (Wildman–Crippen LogP) is 5.45. The van der Waals surface area contributed by atoms with Crippen molar-refractivity contribution in [2.24, 2.45) is 0 Å². The van der Waals surface area contributed by atoms with Crippen LogP contribution in [0.1, 0.15) is 24.0 Å². The van der Waals surface area contributed by atoms with Gasteiger partial charge in [0.1, 0.15) is 11.6 Å². The number of carbonyl (C=O) groups excluding carboxylic acids is 1. The highest BCUT2D eigenvalue weighted by Gasteiger charge is 2.15. The van der Waals surface area contributed by atoms with Crippen molar-refractivity contribution in [3.63, 3.8) is 0 Å². The highest BCUT2D eigenvalue weighted by atomic mass is 35.5. The van der Waals surface area contributed by atoms with Gasteiger partial charge < -0.3 is 10.2 Å². The Kier molecular flexibility index (Phi) is 6.05. The van der Waals surface area contributed by atoms with E-state index in [-0.39, 0.29) is 5.57 Å². The summed E-state index contributed by atoms with van der Waals surface area (Å²) in [5.74, 6) is -0.489. The van der Waals surface area contributed by atoms with Crippen LogP contribution >= 0.6 is 23.2 Å². The zero-order valence-corrected chi connectivity index (χ0v) is 16.4. The first-order valence-electron chi connectivity index (χ1n) is 8.72. The molecule has 1 aliphatic heterocycles. The van der Waals surface area contributed by atoms with Crippen LogP contribution in [0.2, 0.25) is 10.0 Å². The van der Waals surface area contributed by atoms with Gasteiger partial charge in [0, 0.05) is 24.5 Å². The van der Waals surface area contributed by atoms with E-state index < -0.39 is 5.91 Å². The van der Waals surface area contributed by atoms with Gasteiger partial charge in [-0.25, -0.2) is 0 Å². The first-order valence-corrected chi connectivity index (χ1v) is 9.47. The Labute approximate surface area is 169 Å². The van der Waals surface area contributed by atoms with E-state index in [9.17, 15) is 10.1 Å². The van der Waals surface area contributed by atoms with E-state index in [1.54, 1.807) is 24.3 Å². The summed E-state index contributed by atoms with van der Waals surface area (Å²) < 4.78 is 0. The van der Waals surface area contributed by atoms with Crippen LogP contribution in [0.15, 0.2) is 42.0 Å².